The Bertz CT molecular complexity index is 388. The number of hydrogen-bond acceptors (Lipinski definition) is 3. The molecule has 3 nitrogen and oxygen atoms in total. The van der Waals surface area contributed by atoms with Crippen molar-refractivity contribution < 1.29 is 4.74 Å². The van der Waals surface area contributed by atoms with E-state index in [-0.39, 0.29) is 0 Å². The molecule has 0 aromatic heterocycles. The van der Waals surface area contributed by atoms with Gasteiger partial charge in [0, 0.05) is 24.3 Å². The van der Waals surface area contributed by atoms with Crippen LogP contribution in [0.3, 0.4) is 0 Å². The summed E-state index contributed by atoms with van der Waals surface area (Å²) < 4.78 is 5.70. The number of ether oxygens (including phenoxy) is 1. The van der Waals surface area contributed by atoms with Crippen molar-refractivity contribution in [2.24, 2.45) is 0 Å². The van der Waals surface area contributed by atoms with E-state index in [9.17, 15) is 0 Å². The largest absolute Gasteiger partial charge is 0.491 e. The smallest absolute Gasteiger partial charge is 0.144 e. The third-order valence-electron chi connectivity index (χ3n) is 3.24. The molecule has 1 saturated carbocycles. The lowest BCUT2D eigenvalue weighted by Crippen LogP contribution is -2.26. The van der Waals surface area contributed by atoms with Crippen LogP contribution in [0.15, 0.2) is 18.2 Å². The van der Waals surface area contributed by atoms with Crippen LogP contribution in [0.5, 0.6) is 5.75 Å². The van der Waals surface area contributed by atoms with Gasteiger partial charge in [0.25, 0.3) is 0 Å². The minimum atomic E-state index is 0.727. The molecule has 0 unspecified atom stereocenters. The van der Waals surface area contributed by atoms with E-state index in [4.69, 9.17) is 10.5 Å². The summed E-state index contributed by atoms with van der Waals surface area (Å²) in [5, 5.41) is 0. The van der Waals surface area contributed by atoms with Gasteiger partial charge in [-0.2, -0.15) is 0 Å². The van der Waals surface area contributed by atoms with Gasteiger partial charge in [-0.1, -0.05) is 13.8 Å². The van der Waals surface area contributed by atoms with Crippen molar-refractivity contribution in [3.05, 3.63) is 18.2 Å². The van der Waals surface area contributed by atoms with E-state index in [1.165, 1.54) is 24.9 Å². The first-order valence-electron chi connectivity index (χ1n) is 7.05. The zero-order chi connectivity index (χ0) is 13.0. The van der Waals surface area contributed by atoms with Gasteiger partial charge < -0.3 is 15.4 Å². The molecule has 1 fully saturated rings. The normalized spacial score (nSPS) is 14.6. The van der Waals surface area contributed by atoms with Crippen molar-refractivity contribution in [3.8, 4) is 5.75 Å². The highest BCUT2D eigenvalue weighted by Gasteiger charge is 2.28. The summed E-state index contributed by atoms with van der Waals surface area (Å²) in [7, 11) is 0. The van der Waals surface area contributed by atoms with Crippen LogP contribution in [0, 0.1) is 0 Å². The average molecular weight is 248 g/mol. The van der Waals surface area contributed by atoms with E-state index in [1.54, 1.807) is 0 Å². The predicted molar refractivity (Wildman–Crippen MR) is 77.3 cm³/mol. The topological polar surface area (TPSA) is 38.5 Å². The summed E-state index contributed by atoms with van der Waals surface area (Å²) in [5.74, 6) is 0.830. The molecule has 0 amide bonds. The molecule has 0 atom stereocenters. The maximum absolute atomic E-state index is 5.95. The van der Waals surface area contributed by atoms with Gasteiger partial charge in [-0.15, -0.1) is 0 Å². The summed E-state index contributed by atoms with van der Waals surface area (Å²) in [6.45, 7) is 6.17. The maximum atomic E-state index is 5.95. The molecule has 0 aliphatic heterocycles. The van der Waals surface area contributed by atoms with Crippen LogP contribution < -0.4 is 15.4 Å². The van der Waals surface area contributed by atoms with E-state index >= 15 is 0 Å². The monoisotopic (exact) mass is 248 g/mol. The SMILES string of the molecule is CCCOc1cc(N(CCC)C2CC2)ccc1N. The Morgan fingerprint density at radius 2 is 2.06 bits per heavy atom. The van der Waals surface area contributed by atoms with Crippen molar-refractivity contribution in [3.63, 3.8) is 0 Å². The average Bonchev–Trinajstić information content (AvgIpc) is 3.19. The first kappa shape index (κ1) is 13.1. The molecule has 0 saturated heterocycles. The number of nitrogen functional groups attached to an aromatic ring is 1. The second kappa shape index (κ2) is 5.98. The zero-order valence-electron chi connectivity index (χ0n) is 11.5. The third-order valence-corrected chi connectivity index (χ3v) is 3.24. The van der Waals surface area contributed by atoms with Crippen LogP contribution in [-0.4, -0.2) is 19.2 Å². The van der Waals surface area contributed by atoms with Crippen LogP contribution in [0.2, 0.25) is 0 Å². The number of nitrogens with two attached hydrogens (primary N) is 1. The van der Waals surface area contributed by atoms with Crippen molar-refractivity contribution in [1.29, 1.82) is 0 Å². The number of rotatable bonds is 7. The summed E-state index contributed by atoms with van der Waals surface area (Å²) in [6.07, 6.45) is 4.81. The summed E-state index contributed by atoms with van der Waals surface area (Å²) in [5.41, 5.74) is 7.94. The molecule has 1 aliphatic carbocycles. The Balaban J connectivity index is 2.15. The predicted octanol–water partition coefficient (Wildman–Crippen LogP) is 3.44. The zero-order valence-corrected chi connectivity index (χ0v) is 11.5. The van der Waals surface area contributed by atoms with Crippen molar-refractivity contribution >= 4 is 11.4 Å². The third kappa shape index (κ3) is 3.09. The van der Waals surface area contributed by atoms with Crippen LogP contribution in [-0.2, 0) is 0 Å². The summed E-state index contributed by atoms with van der Waals surface area (Å²) >= 11 is 0. The molecule has 1 aliphatic rings. The van der Waals surface area contributed by atoms with Crippen molar-refractivity contribution in [1.82, 2.24) is 0 Å². The first-order valence-corrected chi connectivity index (χ1v) is 7.05. The van der Waals surface area contributed by atoms with Crippen LogP contribution >= 0.6 is 0 Å². The van der Waals surface area contributed by atoms with Gasteiger partial charge in [0.1, 0.15) is 5.75 Å². The van der Waals surface area contributed by atoms with Gasteiger partial charge in [0.2, 0.25) is 0 Å². The molecule has 1 aromatic rings. The Morgan fingerprint density at radius 3 is 2.67 bits per heavy atom. The Morgan fingerprint density at radius 1 is 1.28 bits per heavy atom. The molecule has 2 rings (SSSR count). The van der Waals surface area contributed by atoms with Crippen LogP contribution in [0.1, 0.15) is 39.5 Å². The van der Waals surface area contributed by atoms with Gasteiger partial charge in [0.15, 0.2) is 0 Å². The lowest BCUT2D eigenvalue weighted by atomic mass is 10.2. The molecular weight excluding hydrogens is 224 g/mol. The van der Waals surface area contributed by atoms with E-state index < -0.39 is 0 Å². The maximum Gasteiger partial charge on any atom is 0.144 e. The van der Waals surface area contributed by atoms with Crippen LogP contribution in [0.25, 0.3) is 0 Å². The minimum absolute atomic E-state index is 0.727. The number of nitrogens with zero attached hydrogens (tertiary/aromatic N) is 1. The van der Waals surface area contributed by atoms with E-state index in [1.807, 2.05) is 6.07 Å². The summed E-state index contributed by atoms with van der Waals surface area (Å²) in [6, 6.07) is 6.90. The molecule has 0 spiro atoms. The first-order chi connectivity index (χ1) is 8.76. The minimum Gasteiger partial charge on any atom is -0.491 e. The number of anilines is 2. The van der Waals surface area contributed by atoms with Gasteiger partial charge in [-0.05, 0) is 37.8 Å². The molecular formula is C15H24N2O. The second-order valence-electron chi connectivity index (χ2n) is 5.00. The lowest BCUT2D eigenvalue weighted by molar-refractivity contribution is 0.319. The molecule has 18 heavy (non-hydrogen) atoms. The Kier molecular flexibility index (Phi) is 4.34. The molecule has 1 aromatic carbocycles. The fourth-order valence-electron chi connectivity index (χ4n) is 2.19. The van der Waals surface area contributed by atoms with Crippen molar-refractivity contribution in [2.45, 2.75) is 45.6 Å². The molecule has 3 heteroatoms. The highest BCUT2D eigenvalue weighted by Crippen LogP contribution is 2.35. The number of hydrogen-bond donors (Lipinski definition) is 1. The molecule has 100 valence electrons. The van der Waals surface area contributed by atoms with Crippen molar-refractivity contribution in [2.75, 3.05) is 23.8 Å². The standard InChI is InChI=1S/C15H24N2O/c1-3-9-17(12-5-6-12)13-7-8-14(16)15(11-13)18-10-4-2/h7-8,11-12H,3-6,9-10,16H2,1-2H3. The van der Waals surface area contributed by atoms with E-state index in [2.05, 4.69) is 30.9 Å². The molecule has 0 radical (unpaired) electrons. The van der Waals surface area contributed by atoms with Crippen LogP contribution in [0.4, 0.5) is 11.4 Å². The fraction of sp³-hybridized carbons (Fsp3) is 0.600. The Labute approximate surface area is 110 Å². The highest BCUT2D eigenvalue weighted by atomic mass is 16.5. The molecule has 0 heterocycles. The quantitative estimate of drug-likeness (QED) is 0.751. The van der Waals surface area contributed by atoms with Gasteiger partial charge in [-0.25, -0.2) is 0 Å². The van der Waals surface area contributed by atoms with Gasteiger partial charge in [0.05, 0.1) is 12.3 Å². The molecule has 0 bridgehead atoms. The van der Waals surface area contributed by atoms with E-state index in [0.717, 1.165) is 37.1 Å². The summed E-state index contributed by atoms with van der Waals surface area (Å²) in [4.78, 5) is 2.48. The lowest BCUT2D eigenvalue weighted by Gasteiger charge is -2.25. The second-order valence-corrected chi connectivity index (χ2v) is 5.00. The molecule has 2 N–H and O–H groups in total. The highest BCUT2D eigenvalue weighted by molar-refractivity contribution is 5.63. The van der Waals surface area contributed by atoms with Gasteiger partial charge >= 0.3 is 0 Å². The number of benzene rings is 1. The Hall–Kier alpha value is -1.38. The van der Waals surface area contributed by atoms with E-state index in [0.29, 0.717) is 0 Å². The fourth-order valence-corrected chi connectivity index (χ4v) is 2.19. The van der Waals surface area contributed by atoms with Gasteiger partial charge in [-0.3, -0.25) is 0 Å².